The molecular weight excluding hydrogens is 1260 g/mol. The van der Waals surface area contributed by atoms with Crippen LogP contribution in [0.4, 0.5) is 9.59 Å². The van der Waals surface area contributed by atoms with Gasteiger partial charge in [0.05, 0.1) is 31.8 Å². The molecule has 2 saturated carbocycles. The molecule has 3 amide bonds. The molecule has 4 N–H and O–H groups in total. The lowest BCUT2D eigenvalue weighted by molar-refractivity contribution is -0.139. The van der Waals surface area contributed by atoms with E-state index in [9.17, 15) is 36.0 Å². The van der Waals surface area contributed by atoms with Crippen LogP contribution in [0.2, 0.25) is 0 Å². The maximum absolute atomic E-state index is 13.6. The molecule has 4 fully saturated rings. The number of hydrogen-bond acceptors (Lipinski definition) is 13. The van der Waals surface area contributed by atoms with Crippen molar-refractivity contribution in [2.45, 2.75) is 126 Å². The number of rotatable bonds is 14. The number of benzene rings is 2. The number of aliphatic carboxylic acids is 1. The SMILES string of the molecule is Br.Br.Brc1ccc(C2=CN=C(C3CC4(CC4)CN3)C2)cc1.C.C.C.C.C.COC(=O)N[C@H](CCS(C)(=O)=O)C(=O)N1CC2(CC2)C[C@@H]1C1=NC=C(c2ccc(Br)cc2)C1.COC(=O)N[C@H](CCS(C)(=O)=O)C(=O)O. The second-order valence-corrected chi connectivity index (χ2v) is 24.6. The van der Waals surface area contributed by atoms with Crippen molar-refractivity contribution in [3.05, 3.63) is 81.0 Å². The predicted molar refractivity (Wildman–Crippen MR) is 317 cm³/mol. The van der Waals surface area contributed by atoms with E-state index in [1.165, 1.54) is 49.8 Å². The number of nitrogens with one attached hydrogen (secondary N) is 3. The van der Waals surface area contributed by atoms with Gasteiger partial charge < -0.3 is 35.4 Å². The molecule has 4 aliphatic heterocycles. The van der Waals surface area contributed by atoms with Gasteiger partial charge in [0.1, 0.15) is 31.8 Å². The molecular formula is C51H80Br4N6O11S2. The minimum Gasteiger partial charge on any atom is -0.480 e. The maximum atomic E-state index is 13.6. The highest BCUT2D eigenvalue weighted by molar-refractivity contribution is 9.10. The molecule has 17 nitrogen and oxygen atoms in total. The number of amides is 3. The smallest absolute Gasteiger partial charge is 0.407 e. The number of allylic oxidation sites excluding steroid dienone is 2. The van der Waals surface area contributed by atoms with Gasteiger partial charge >= 0.3 is 18.2 Å². The van der Waals surface area contributed by atoms with Crippen LogP contribution < -0.4 is 16.0 Å². The average Bonchev–Trinajstić information content (AvgIpc) is 3.83. The van der Waals surface area contributed by atoms with Crippen LogP contribution in [0.3, 0.4) is 0 Å². The molecule has 1 unspecified atom stereocenters. The van der Waals surface area contributed by atoms with Crippen LogP contribution in [0, 0.1) is 10.8 Å². The van der Waals surface area contributed by atoms with E-state index in [1.807, 2.05) is 35.8 Å². The average molecular weight is 1340 g/mol. The normalized spacial score (nSPS) is 19.5. The first-order valence-corrected chi connectivity index (χ1v) is 27.6. The van der Waals surface area contributed by atoms with Gasteiger partial charge in [-0.3, -0.25) is 14.8 Å². The number of ether oxygens (including phenoxy) is 2. The lowest BCUT2D eigenvalue weighted by atomic mass is 9.95. The summed E-state index contributed by atoms with van der Waals surface area (Å²) in [7, 11) is -4.24. The van der Waals surface area contributed by atoms with Crippen LogP contribution in [0.15, 0.2) is 79.9 Å². The van der Waals surface area contributed by atoms with E-state index in [0.29, 0.717) is 24.4 Å². The molecule has 0 bridgehead atoms. The summed E-state index contributed by atoms with van der Waals surface area (Å²) < 4.78 is 56.0. The van der Waals surface area contributed by atoms with Gasteiger partial charge in [-0.15, -0.1) is 34.0 Å². The predicted octanol–water partition coefficient (Wildman–Crippen LogP) is 10.5. The number of carbonyl (C=O) groups is 4. The molecule has 4 atom stereocenters. The van der Waals surface area contributed by atoms with E-state index < -0.39 is 49.9 Å². The first-order chi connectivity index (χ1) is 31.6. The number of halogens is 4. The van der Waals surface area contributed by atoms with Crippen LogP contribution in [-0.2, 0) is 38.7 Å². The monoisotopic (exact) mass is 1330 g/mol. The topological polar surface area (TPSA) is 239 Å². The standard InChI is InChI=1S/C23H28BrN3O5S.C16H17BrN2.C7H13NO6S.5CH4.2BrH/c1-32-22(29)26-18(7-10-33(2,30)31)21(28)27-14-23(8-9-23)12-20(27)19-11-16(13-25-19)15-3-5-17(24)6-4-15;17-13-3-1-11(2-4-13)12-7-14(18-9-12)15-8-16(5-6-16)10-19-15;1-14-7(11)8-5(6(9)10)3-4-15(2,12)13;;;;;;;/h3-6,13,18,20H,7-12,14H2,1-2H3,(H,26,29);1-4,9,15,19H,5-8,10H2;5H,3-4H2,1-2H3,(H,8,11)(H,9,10);5*1H4;2*1H/t18-,20-;;5-;;;;;;;/m1.1......./s1. The Morgan fingerprint density at radius 2 is 1.12 bits per heavy atom. The third kappa shape index (κ3) is 21.2. The van der Waals surface area contributed by atoms with E-state index in [2.05, 4.69) is 92.4 Å². The number of sulfone groups is 2. The second kappa shape index (κ2) is 31.1. The first-order valence-electron chi connectivity index (χ1n) is 21.9. The molecule has 23 heteroatoms. The number of nitrogens with zero attached hydrogens (tertiary/aromatic N) is 3. The Morgan fingerprint density at radius 3 is 1.53 bits per heavy atom. The van der Waals surface area contributed by atoms with Gasteiger partial charge in [-0.25, -0.2) is 31.2 Å². The third-order valence-electron chi connectivity index (χ3n) is 12.9. The van der Waals surface area contributed by atoms with Crippen molar-refractivity contribution in [1.29, 1.82) is 0 Å². The molecule has 2 aromatic rings. The zero-order valence-electron chi connectivity index (χ0n) is 38.7. The minimum atomic E-state index is -3.30. The molecule has 2 spiro atoms. The molecule has 420 valence electrons. The summed E-state index contributed by atoms with van der Waals surface area (Å²) in [5, 5.41) is 16.9. The Morgan fingerprint density at radius 1 is 0.703 bits per heavy atom. The number of hydrogen-bond donors (Lipinski definition) is 4. The van der Waals surface area contributed by atoms with E-state index in [4.69, 9.17) is 5.11 Å². The molecule has 0 aromatic heterocycles. The van der Waals surface area contributed by atoms with Gasteiger partial charge in [0.2, 0.25) is 5.91 Å². The Balaban J connectivity index is 0. The van der Waals surface area contributed by atoms with Crippen LogP contribution in [0.5, 0.6) is 0 Å². The fourth-order valence-corrected chi connectivity index (χ4v) is 10.5. The Labute approximate surface area is 478 Å². The summed E-state index contributed by atoms with van der Waals surface area (Å²) in [4.78, 5) is 57.9. The molecule has 4 heterocycles. The van der Waals surface area contributed by atoms with Crippen molar-refractivity contribution in [2.75, 3.05) is 51.3 Å². The maximum Gasteiger partial charge on any atom is 0.407 e. The number of likely N-dealkylation sites (tertiary alicyclic amines) is 1. The van der Waals surface area contributed by atoms with E-state index in [1.54, 1.807) is 4.90 Å². The van der Waals surface area contributed by atoms with Gasteiger partial charge in [-0.05, 0) is 109 Å². The van der Waals surface area contributed by atoms with Gasteiger partial charge in [0, 0.05) is 77.3 Å². The van der Waals surface area contributed by atoms with Crippen molar-refractivity contribution < 1.29 is 50.6 Å². The number of carbonyl (C=O) groups excluding carboxylic acids is 3. The summed E-state index contributed by atoms with van der Waals surface area (Å²) in [6.45, 7) is 1.80. The fourth-order valence-electron chi connectivity index (χ4n) is 8.61. The zero-order valence-corrected chi connectivity index (χ0v) is 47.0. The molecule has 2 aromatic carbocycles. The van der Waals surface area contributed by atoms with Crippen molar-refractivity contribution in [3.8, 4) is 0 Å². The van der Waals surface area contributed by atoms with Gasteiger partial charge in [0.25, 0.3) is 0 Å². The molecule has 2 aliphatic carbocycles. The van der Waals surface area contributed by atoms with E-state index >= 15 is 0 Å². The number of carboxylic acids is 1. The van der Waals surface area contributed by atoms with Crippen LogP contribution >= 0.6 is 65.8 Å². The molecule has 2 saturated heterocycles. The summed E-state index contributed by atoms with van der Waals surface area (Å²) >= 11 is 6.94. The molecule has 8 rings (SSSR count). The highest BCUT2D eigenvalue weighted by Gasteiger charge is 2.55. The number of aliphatic imine (C=N–C) groups is 2. The van der Waals surface area contributed by atoms with Gasteiger partial charge in [0.15, 0.2) is 0 Å². The van der Waals surface area contributed by atoms with E-state index in [0.717, 1.165) is 71.1 Å². The fraction of sp³-hybridized carbons (Fsp3) is 0.569. The minimum absolute atomic E-state index is 0. The van der Waals surface area contributed by atoms with E-state index in [-0.39, 0.29) is 113 Å². The highest BCUT2D eigenvalue weighted by Crippen LogP contribution is 2.56. The van der Waals surface area contributed by atoms with Crippen molar-refractivity contribution in [2.24, 2.45) is 20.8 Å². The van der Waals surface area contributed by atoms with Crippen molar-refractivity contribution >= 4 is 132 Å². The Bertz CT molecular complexity index is 2550. The van der Waals surface area contributed by atoms with Crippen molar-refractivity contribution in [1.82, 2.24) is 20.9 Å². The molecule has 6 aliphatic rings. The Kier molecular flexibility index (Phi) is 30.5. The largest absolute Gasteiger partial charge is 0.480 e. The second-order valence-electron chi connectivity index (χ2n) is 18.3. The number of alkyl carbamates (subject to hydrolysis) is 2. The number of methoxy groups -OCH3 is 2. The van der Waals surface area contributed by atoms with Gasteiger partial charge in [-0.1, -0.05) is 93.3 Å². The third-order valence-corrected chi connectivity index (χ3v) is 15.9. The molecule has 74 heavy (non-hydrogen) atoms. The summed E-state index contributed by atoms with van der Waals surface area (Å²) in [6, 6.07) is 14.7. The lowest BCUT2D eigenvalue weighted by Crippen LogP contribution is -2.52. The lowest BCUT2D eigenvalue weighted by Gasteiger charge is -2.29. The van der Waals surface area contributed by atoms with Crippen LogP contribution in [0.25, 0.3) is 11.1 Å². The first kappa shape index (κ1) is 72.6. The van der Waals surface area contributed by atoms with Crippen LogP contribution in [0.1, 0.15) is 112 Å². The molecule has 0 radical (unpaired) electrons. The summed E-state index contributed by atoms with van der Waals surface area (Å²) in [5.41, 5.74) is 7.85. The van der Waals surface area contributed by atoms with Gasteiger partial charge in [-0.2, -0.15) is 0 Å². The number of carboxylic acid groups (broad SMARTS) is 1. The summed E-state index contributed by atoms with van der Waals surface area (Å²) in [5.74, 6) is -2.09. The Hall–Kier alpha value is -3.48. The van der Waals surface area contributed by atoms with Crippen LogP contribution in [-0.4, -0.2) is 138 Å². The zero-order chi connectivity index (χ0) is 48.7. The summed E-state index contributed by atoms with van der Waals surface area (Å²) in [6.07, 6.45) is 12.9. The highest BCUT2D eigenvalue weighted by atomic mass is 79.9. The quantitative estimate of drug-likeness (QED) is 0.138. The van der Waals surface area contributed by atoms with Crippen molar-refractivity contribution in [3.63, 3.8) is 0 Å².